The molecule has 0 aliphatic heterocycles. The van der Waals surface area contributed by atoms with Crippen LogP contribution in [0.2, 0.25) is 0 Å². The van der Waals surface area contributed by atoms with Crippen molar-refractivity contribution < 1.29 is 18.0 Å². The molecule has 0 bridgehead atoms. The summed E-state index contributed by atoms with van der Waals surface area (Å²) in [6.07, 6.45) is 0.770. The first kappa shape index (κ1) is 26.8. The second-order valence-corrected chi connectivity index (χ2v) is 11.3. The number of carbonyl (C=O) groups excluding carboxylic acids is 2. The number of benzene rings is 3. The monoisotopic (exact) mass is 559 g/mol. The highest BCUT2D eigenvalue weighted by atomic mass is 79.9. The van der Waals surface area contributed by atoms with E-state index in [1.165, 1.54) is 11.9 Å². The molecule has 3 aromatic carbocycles. The fourth-order valence-electron chi connectivity index (χ4n) is 3.64. The third-order valence-electron chi connectivity index (χ3n) is 5.77. The maximum atomic E-state index is 13.4. The first-order valence-corrected chi connectivity index (χ1v) is 13.6. The van der Waals surface area contributed by atoms with E-state index in [9.17, 15) is 18.0 Å². The van der Waals surface area contributed by atoms with E-state index < -0.39 is 28.5 Å². The fraction of sp³-hybridized carbons (Fsp3) is 0.308. The lowest BCUT2D eigenvalue weighted by Gasteiger charge is -2.30. The smallest absolute Gasteiger partial charge is 0.243 e. The Balaban J connectivity index is 1.83. The Morgan fingerprint density at radius 2 is 1.66 bits per heavy atom. The van der Waals surface area contributed by atoms with Crippen LogP contribution in [0.25, 0.3) is 10.8 Å². The van der Waals surface area contributed by atoms with E-state index in [0.29, 0.717) is 6.54 Å². The van der Waals surface area contributed by atoms with Gasteiger partial charge in [-0.05, 0) is 53.9 Å². The van der Waals surface area contributed by atoms with Gasteiger partial charge in [0.15, 0.2) is 0 Å². The second kappa shape index (κ2) is 11.8. The lowest BCUT2D eigenvalue weighted by atomic mass is 10.1. The van der Waals surface area contributed by atoms with Crippen LogP contribution in [0.5, 0.6) is 0 Å². The molecule has 0 aliphatic carbocycles. The minimum Gasteiger partial charge on any atom is -0.354 e. The molecule has 2 amide bonds. The number of sulfonamides is 1. The molecule has 1 atom stereocenters. The number of carbonyl (C=O) groups is 2. The van der Waals surface area contributed by atoms with Crippen molar-refractivity contribution in [1.29, 1.82) is 0 Å². The molecule has 35 heavy (non-hydrogen) atoms. The second-order valence-electron chi connectivity index (χ2n) is 8.39. The summed E-state index contributed by atoms with van der Waals surface area (Å²) in [6.45, 7) is 3.88. The number of rotatable bonds is 10. The molecule has 7 nitrogen and oxygen atoms in total. The number of nitrogens with one attached hydrogen (secondary N) is 1. The summed E-state index contributed by atoms with van der Waals surface area (Å²) in [5.41, 5.74) is 0.830. The topological polar surface area (TPSA) is 86.8 Å². The van der Waals surface area contributed by atoms with Crippen LogP contribution in [0.1, 0.15) is 25.8 Å². The lowest BCUT2D eigenvalue weighted by Crippen LogP contribution is -2.50. The summed E-state index contributed by atoms with van der Waals surface area (Å²) in [5.74, 6) is -0.740. The molecule has 0 saturated carbocycles. The van der Waals surface area contributed by atoms with Gasteiger partial charge in [0, 0.05) is 24.6 Å². The predicted octanol–water partition coefficient (Wildman–Crippen LogP) is 4.17. The molecular formula is C26H30BrN3O4S. The molecule has 0 heterocycles. The first-order chi connectivity index (χ1) is 16.6. The van der Waals surface area contributed by atoms with Crippen molar-refractivity contribution in [2.45, 2.75) is 37.8 Å². The number of likely N-dealkylation sites (N-methyl/N-ethyl adjacent to an activating group) is 1. The van der Waals surface area contributed by atoms with E-state index >= 15 is 0 Å². The minimum atomic E-state index is -3.92. The number of fused-ring (bicyclic) bond motifs is 1. The maximum absolute atomic E-state index is 13.4. The summed E-state index contributed by atoms with van der Waals surface area (Å²) >= 11 is 3.39. The van der Waals surface area contributed by atoms with Gasteiger partial charge in [0.05, 0.1) is 11.4 Å². The van der Waals surface area contributed by atoms with E-state index in [1.807, 2.05) is 55.5 Å². The summed E-state index contributed by atoms with van der Waals surface area (Å²) in [7, 11) is -2.54. The maximum Gasteiger partial charge on any atom is 0.243 e. The van der Waals surface area contributed by atoms with Gasteiger partial charge < -0.3 is 10.2 Å². The first-order valence-electron chi connectivity index (χ1n) is 11.4. The Hall–Kier alpha value is -2.75. The fourth-order valence-corrected chi connectivity index (χ4v) is 5.06. The Morgan fingerprint density at radius 1 is 1.00 bits per heavy atom. The van der Waals surface area contributed by atoms with Gasteiger partial charge >= 0.3 is 0 Å². The number of halogens is 1. The number of nitrogens with zero attached hydrogens (tertiary/aromatic N) is 2. The van der Waals surface area contributed by atoms with Crippen molar-refractivity contribution in [3.63, 3.8) is 0 Å². The van der Waals surface area contributed by atoms with E-state index in [2.05, 4.69) is 21.2 Å². The van der Waals surface area contributed by atoms with Crippen molar-refractivity contribution in [3.8, 4) is 0 Å². The summed E-state index contributed by atoms with van der Waals surface area (Å²) in [5, 5.41) is 4.54. The molecule has 3 aromatic rings. The SMILES string of the molecule is CCCNC(=O)[C@H](C)N(Cc1ccc(Br)cc1)C(=O)CN(C)S(=O)(=O)c1ccc2ccccc2c1. The molecular weight excluding hydrogens is 530 g/mol. The highest BCUT2D eigenvalue weighted by Crippen LogP contribution is 2.22. The highest BCUT2D eigenvalue weighted by Gasteiger charge is 2.30. The van der Waals surface area contributed by atoms with Crippen molar-refractivity contribution in [3.05, 3.63) is 76.8 Å². The van der Waals surface area contributed by atoms with Crippen molar-refractivity contribution >= 4 is 48.5 Å². The Labute approximate surface area is 215 Å². The van der Waals surface area contributed by atoms with Gasteiger partial charge in [0.25, 0.3) is 0 Å². The molecule has 186 valence electrons. The number of hydrogen-bond donors (Lipinski definition) is 1. The van der Waals surface area contributed by atoms with Crippen molar-refractivity contribution in [2.75, 3.05) is 20.1 Å². The average molecular weight is 561 g/mol. The van der Waals surface area contributed by atoms with Gasteiger partial charge in [-0.1, -0.05) is 65.3 Å². The van der Waals surface area contributed by atoms with Crippen LogP contribution in [0.3, 0.4) is 0 Å². The summed E-state index contributed by atoms with van der Waals surface area (Å²) in [4.78, 5) is 27.6. The summed E-state index contributed by atoms with van der Waals surface area (Å²) in [6, 6.07) is 19.0. The molecule has 0 radical (unpaired) electrons. The third-order valence-corrected chi connectivity index (χ3v) is 8.10. The van der Waals surface area contributed by atoms with Crippen LogP contribution in [0.4, 0.5) is 0 Å². The Kier molecular flexibility index (Phi) is 9.04. The van der Waals surface area contributed by atoms with Crippen LogP contribution in [0.15, 0.2) is 76.1 Å². The van der Waals surface area contributed by atoms with Gasteiger partial charge in [0.2, 0.25) is 21.8 Å². The molecule has 0 fully saturated rings. The van der Waals surface area contributed by atoms with Crippen LogP contribution < -0.4 is 5.32 Å². The highest BCUT2D eigenvalue weighted by molar-refractivity contribution is 9.10. The zero-order valence-corrected chi connectivity index (χ0v) is 22.5. The Bertz CT molecular complexity index is 1300. The zero-order valence-electron chi connectivity index (χ0n) is 20.1. The largest absolute Gasteiger partial charge is 0.354 e. The molecule has 0 unspecified atom stereocenters. The summed E-state index contributed by atoms with van der Waals surface area (Å²) < 4.78 is 28.4. The number of amides is 2. The average Bonchev–Trinajstić information content (AvgIpc) is 2.85. The van der Waals surface area contributed by atoms with Crippen molar-refractivity contribution in [2.24, 2.45) is 0 Å². The van der Waals surface area contributed by atoms with Gasteiger partial charge in [-0.3, -0.25) is 9.59 Å². The van der Waals surface area contributed by atoms with E-state index in [1.54, 1.807) is 25.1 Å². The van der Waals surface area contributed by atoms with Crippen LogP contribution in [0, 0.1) is 0 Å². The normalized spacial score (nSPS) is 12.5. The van der Waals surface area contributed by atoms with Crippen molar-refractivity contribution in [1.82, 2.24) is 14.5 Å². The molecule has 0 aromatic heterocycles. The zero-order chi connectivity index (χ0) is 25.6. The molecule has 3 rings (SSSR count). The van der Waals surface area contributed by atoms with Gasteiger partial charge in [-0.25, -0.2) is 8.42 Å². The van der Waals surface area contributed by atoms with Gasteiger partial charge in [-0.2, -0.15) is 4.31 Å². The molecule has 0 spiro atoms. The Morgan fingerprint density at radius 3 is 2.31 bits per heavy atom. The van der Waals surface area contributed by atoms with E-state index in [-0.39, 0.29) is 17.3 Å². The van der Waals surface area contributed by atoms with E-state index in [4.69, 9.17) is 0 Å². The molecule has 0 saturated heterocycles. The van der Waals surface area contributed by atoms with Crippen LogP contribution >= 0.6 is 15.9 Å². The molecule has 1 N–H and O–H groups in total. The van der Waals surface area contributed by atoms with Gasteiger partial charge in [0.1, 0.15) is 6.04 Å². The molecule has 0 aliphatic rings. The standard InChI is InChI=1S/C26H30BrN3O4S/c1-4-15-28-26(32)19(2)30(17-20-9-12-23(27)13-10-20)25(31)18-29(3)35(33,34)24-14-11-21-7-5-6-8-22(21)16-24/h5-14,16,19H,4,15,17-18H2,1-3H3,(H,28,32)/t19-/m0/s1. The van der Waals surface area contributed by atoms with Crippen LogP contribution in [-0.2, 0) is 26.2 Å². The third kappa shape index (κ3) is 6.68. The van der Waals surface area contributed by atoms with Crippen LogP contribution in [-0.4, -0.2) is 55.6 Å². The quantitative estimate of drug-likeness (QED) is 0.404. The number of hydrogen-bond acceptors (Lipinski definition) is 4. The van der Waals surface area contributed by atoms with Gasteiger partial charge in [-0.15, -0.1) is 0 Å². The van der Waals surface area contributed by atoms with E-state index in [0.717, 1.165) is 31.5 Å². The lowest BCUT2D eigenvalue weighted by molar-refractivity contribution is -0.140. The minimum absolute atomic E-state index is 0.111. The molecule has 9 heteroatoms. The predicted molar refractivity (Wildman–Crippen MR) is 141 cm³/mol.